The van der Waals surface area contributed by atoms with Crippen LogP contribution in [0.1, 0.15) is 58.8 Å². The molecule has 38 heavy (non-hydrogen) atoms. The average molecular weight is 522 g/mol. The molecule has 2 bridgehead atoms. The highest BCUT2D eigenvalue weighted by Crippen LogP contribution is 2.58. The normalized spacial score (nSPS) is 28.8. The first-order valence-corrected chi connectivity index (χ1v) is 13.4. The lowest BCUT2D eigenvalue weighted by Gasteiger charge is -2.56. The molecule has 0 radical (unpaired) electrons. The van der Waals surface area contributed by atoms with Gasteiger partial charge in [-0.25, -0.2) is 13.8 Å². The van der Waals surface area contributed by atoms with E-state index < -0.39 is 12.0 Å². The van der Waals surface area contributed by atoms with Gasteiger partial charge in [0.25, 0.3) is 5.56 Å². The minimum Gasteiger partial charge on any atom is -0.507 e. The molecule has 9 heteroatoms. The van der Waals surface area contributed by atoms with Gasteiger partial charge in [0.05, 0.1) is 17.8 Å². The molecule has 4 atom stereocenters. The molecule has 1 N–H and O–H groups in total. The molecular weight excluding hydrogens is 488 g/mol. The van der Waals surface area contributed by atoms with E-state index in [2.05, 4.69) is 33.9 Å². The molecule has 0 amide bonds. The predicted molar refractivity (Wildman–Crippen MR) is 141 cm³/mol. The fraction of sp³-hybridized carbons (Fsp3) is 0.517. The monoisotopic (exact) mass is 521 g/mol. The third-order valence-corrected chi connectivity index (χ3v) is 8.91. The fourth-order valence-corrected chi connectivity index (χ4v) is 6.99. The van der Waals surface area contributed by atoms with Gasteiger partial charge in [-0.05, 0) is 61.6 Å². The van der Waals surface area contributed by atoms with Crippen molar-refractivity contribution in [2.24, 2.45) is 17.9 Å². The van der Waals surface area contributed by atoms with Gasteiger partial charge in [0.2, 0.25) is 0 Å². The van der Waals surface area contributed by atoms with Gasteiger partial charge in [-0.3, -0.25) is 4.79 Å². The Hall–Kier alpha value is -3.36. The number of benzene rings is 1. The summed E-state index contributed by atoms with van der Waals surface area (Å²) in [5, 5.41) is 19.5. The molecule has 1 aromatic carbocycles. The second-order valence-corrected chi connectivity index (χ2v) is 12.2. The van der Waals surface area contributed by atoms with Crippen molar-refractivity contribution < 1.29 is 13.9 Å². The van der Waals surface area contributed by atoms with Crippen LogP contribution in [-0.2, 0) is 7.05 Å². The Kier molecular flexibility index (Phi) is 5.81. The molecule has 2 aromatic heterocycles. The number of nitrogens with zero attached hydrogens (tertiary/aromatic N) is 5. The van der Waals surface area contributed by atoms with Crippen molar-refractivity contribution in [3.05, 3.63) is 52.8 Å². The molecule has 3 fully saturated rings. The Morgan fingerprint density at radius 1 is 1.13 bits per heavy atom. The van der Waals surface area contributed by atoms with Gasteiger partial charge in [-0.15, -0.1) is 10.2 Å². The number of aryl methyl sites for hydroxylation is 1. The SMILES string of the molecule is Cn1cc(F)c(-c2ccc(-c3ncc(N(C4CC4)[C@@H]4C[C@@]5(C)CCC[C@](C)(C5)[C@@H]4F)nn3)c(O)c2)cc1=O. The summed E-state index contributed by atoms with van der Waals surface area (Å²) in [7, 11) is 1.47. The number of rotatable bonds is 5. The first-order chi connectivity index (χ1) is 18.1. The molecule has 6 rings (SSSR count). The van der Waals surface area contributed by atoms with Gasteiger partial charge in [-0.2, -0.15) is 0 Å². The van der Waals surface area contributed by atoms with Crippen LogP contribution in [0.25, 0.3) is 22.5 Å². The number of anilines is 1. The van der Waals surface area contributed by atoms with Gasteiger partial charge < -0.3 is 14.6 Å². The van der Waals surface area contributed by atoms with Crippen molar-refractivity contribution in [1.82, 2.24) is 19.7 Å². The Balaban J connectivity index is 1.29. The predicted octanol–water partition coefficient (Wildman–Crippen LogP) is 5.41. The number of hydrogen-bond acceptors (Lipinski definition) is 6. The Bertz CT molecular complexity index is 1440. The van der Waals surface area contributed by atoms with Gasteiger partial charge in [0.15, 0.2) is 11.6 Å². The summed E-state index contributed by atoms with van der Waals surface area (Å²) in [6.45, 7) is 4.40. The number of aromatic hydroxyl groups is 1. The molecule has 3 aliphatic carbocycles. The summed E-state index contributed by atoms with van der Waals surface area (Å²) in [5.41, 5.74) is 0.262. The van der Waals surface area contributed by atoms with E-state index in [0.29, 0.717) is 16.9 Å². The van der Waals surface area contributed by atoms with Crippen LogP contribution in [0.15, 0.2) is 41.5 Å². The van der Waals surface area contributed by atoms with Crippen molar-refractivity contribution in [2.45, 2.75) is 77.0 Å². The Morgan fingerprint density at radius 2 is 1.92 bits per heavy atom. The highest BCUT2D eigenvalue weighted by molar-refractivity contribution is 5.73. The van der Waals surface area contributed by atoms with Crippen molar-refractivity contribution >= 4 is 5.82 Å². The van der Waals surface area contributed by atoms with Gasteiger partial charge in [-0.1, -0.05) is 26.3 Å². The third kappa shape index (κ3) is 4.25. The van der Waals surface area contributed by atoms with Crippen molar-refractivity contribution in [3.63, 3.8) is 0 Å². The van der Waals surface area contributed by atoms with Gasteiger partial charge >= 0.3 is 0 Å². The zero-order valence-electron chi connectivity index (χ0n) is 22.0. The van der Waals surface area contributed by atoms with Crippen molar-refractivity contribution in [2.75, 3.05) is 4.90 Å². The molecule has 0 saturated heterocycles. The summed E-state index contributed by atoms with van der Waals surface area (Å²) in [5.74, 6) is 0.0620. The van der Waals surface area contributed by atoms with Crippen LogP contribution in [0.4, 0.5) is 14.6 Å². The highest BCUT2D eigenvalue weighted by atomic mass is 19.1. The number of phenols is 1. The number of alkyl halides is 1. The number of hydrogen-bond donors (Lipinski definition) is 1. The third-order valence-electron chi connectivity index (χ3n) is 8.91. The average Bonchev–Trinajstić information content (AvgIpc) is 3.70. The largest absolute Gasteiger partial charge is 0.507 e. The second-order valence-electron chi connectivity index (χ2n) is 12.2. The van der Waals surface area contributed by atoms with Crippen LogP contribution >= 0.6 is 0 Å². The zero-order chi connectivity index (χ0) is 26.8. The van der Waals surface area contributed by atoms with E-state index in [4.69, 9.17) is 0 Å². The lowest BCUT2D eigenvalue weighted by molar-refractivity contribution is -0.0554. The summed E-state index contributed by atoms with van der Waals surface area (Å²) in [6.07, 6.45) is 8.64. The second kappa shape index (κ2) is 8.85. The zero-order valence-corrected chi connectivity index (χ0v) is 22.0. The molecule has 3 aromatic rings. The number of aromatic nitrogens is 4. The Morgan fingerprint density at radius 3 is 2.61 bits per heavy atom. The number of pyridine rings is 1. The minimum atomic E-state index is -0.940. The topological polar surface area (TPSA) is 84.1 Å². The lowest BCUT2D eigenvalue weighted by Crippen LogP contribution is -2.58. The fourth-order valence-electron chi connectivity index (χ4n) is 6.99. The maximum atomic E-state index is 16.1. The molecule has 7 nitrogen and oxygen atoms in total. The molecular formula is C29H33F2N5O2. The first-order valence-electron chi connectivity index (χ1n) is 13.4. The van der Waals surface area contributed by atoms with Gasteiger partial charge in [0.1, 0.15) is 17.7 Å². The number of phenolic OH excluding ortho intramolecular Hbond substituents is 1. The van der Waals surface area contributed by atoms with E-state index in [1.807, 2.05) is 0 Å². The lowest BCUT2D eigenvalue weighted by atomic mass is 9.54. The molecule has 0 unspecified atom stereocenters. The van der Waals surface area contributed by atoms with E-state index >= 15 is 4.39 Å². The number of fused-ring (bicyclic) bond motifs is 2. The maximum absolute atomic E-state index is 16.1. The van der Waals surface area contributed by atoms with E-state index in [0.717, 1.165) is 55.7 Å². The summed E-state index contributed by atoms with van der Waals surface area (Å²) >= 11 is 0. The standard InChI is InChI=1S/C29H33F2N5O2/c1-28-9-4-10-29(2,16-28)26(31)22(13-28)36(18-6-7-18)24-14-32-27(34-33-24)19-8-5-17(11-23(19)37)20-12-25(38)35(3)15-21(20)30/h5,8,11-12,14-15,18,22,26,37H,4,6-7,9-10,13,16H2,1-3H3/t22-,26-,28-,29-/m1/s1. The van der Waals surface area contributed by atoms with Crippen LogP contribution < -0.4 is 10.5 Å². The van der Waals surface area contributed by atoms with E-state index in [1.165, 1.54) is 19.2 Å². The molecule has 0 aliphatic heterocycles. The maximum Gasteiger partial charge on any atom is 0.251 e. The Labute approximate surface area is 220 Å². The van der Waals surface area contributed by atoms with Gasteiger partial charge in [0, 0.05) is 36.3 Å². The van der Waals surface area contributed by atoms with Crippen LogP contribution in [0.2, 0.25) is 0 Å². The summed E-state index contributed by atoms with van der Waals surface area (Å²) < 4.78 is 31.7. The smallest absolute Gasteiger partial charge is 0.251 e. The van der Waals surface area contributed by atoms with E-state index in [1.54, 1.807) is 18.3 Å². The van der Waals surface area contributed by atoms with Crippen LogP contribution in [0, 0.1) is 16.6 Å². The van der Waals surface area contributed by atoms with Crippen molar-refractivity contribution in [1.29, 1.82) is 0 Å². The van der Waals surface area contributed by atoms with Crippen LogP contribution in [-0.4, -0.2) is 43.1 Å². The minimum absolute atomic E-state index is 0.102. The van der Waals surface area contributed by atoms with Crippen molar-refractivity contribution in [3.8, 4) is 28.3 Å². The molecule has 2 heterocycles. The number of halogens is 2. The van der Waals surface area contributed by atoms with E-state index in [-0.39, 0.29) is 45.6 Å². The molecule has 200 valence electrons. The molecule has 3 aliphatic rings. The first kappa shape index (κ1) is 24.9. The molecule has 0 spiro atoms. The molecule has 3 saturated carbocycles. The summed E-state index contributed by atoms with van der Waals surface area (Å²) in [6, 6.07) is 5.76. The van der Waals surface area contributed by atoms with Crippen LogP contribution in [0.5, 0.6) is 5.75 Å². The summed E-state index contributed by atoms with van der Waals surface area (Å²) in [4.78, 5) is 18.6. The van der Waals surface area contributed by atoms with Crippen LogP contribution in [0.3, 0.4) is 0 Å². The quantitative estimate of drug-likeness (QED) is 0.483. The van der Waals surface area contributed by atoms with E-state index in [9.17, 15) is 14.3 Å². The highest BCUT2D eigenvalue weighted by Gasteiger charge is 2.56.